The number of fused-ring (bicyclic) bond motifs is 1. The van der Waals surface area contributed by atoms with E-state index in [1.807, 2.05) is 0 Å². The summed E-state index contributed by atoms with van der Waals surface area (Å²) in [5.74, 6) is -0.198. The lowest BCUT2D eigenvalue weighted by Gasteiger charge is -2.38. The fraction of sp³-hybridized carbons (Fsp3) is 0.571. The Bertz CT molecular complexity index is 462. The third kappa shape index (κ3) is 4.20. The summed E-state index contributed by atoms with van der Waals surface area (Å²) < 4.78 is 17.4. The van der Waals surface area contributed by atoms with E-state index in [1.54, 1.807) is 12.1 Å². The van der Waals surface area contributed by atoms with Crippen molar-refractivity contribution in [3.05, 3.63) is 24.0 Å². The molecule has 2 fully saturated rings. The van der Waals surface area contributed by atoms with Gasteiger partial charge in [0.05, 0.1) is 24.7 Å². The van der Waals surface area contributed by atoms with Crippen molar-refractivity contribution < 1.29 is 13.7 Å². The summed E-state index contributed by atoms with van der Waals surface area (Å²) in [4.78, 5) is 8.48. The molecule has 3 rings (SSSR count). The van der Waals surface area contributed by atoms with Crippen molar-refractivity contribution in [1.82, 2.24) is 4.90 Å². The highest BCUT2D eigenvalue weighted by atomic mass is 35.5. The first-order chi connectivity index (χ1) is 10.2. The van der Waals surface area contributed by atoms with Gasteiger partial charge in [-0.1, -0.05) is 0 Å². The summed E-state index contributed by atoms with van der Waals surface area (Å²) >= 11 is 4.46. The number of halogens is 2. The van der Waals surface area contributed by atoms with Gasteiger partial charge in [-0.2, -0.15) is 0 Å². The zero-order chi connectivity index (χ0) is 15.2. The van der Waals surface area contributed by atoms with Crippen LogP contribution in [-0.2, 0) is 9.33 Å². The van der Waals surface area contributed by atoms with Crippen molar-refractivity contribution in [2.24, 2.45) is 0 Å². The van der Waals surface area contributed by atoms with Crippen LogP contribution in [0.2, 0.25) is 0 Å². The third-order valence-electron chi connectivity index (χ3n) is 3.96. The van der Waals surface area contributed by atoms with Gasteiger partial charge in [0.15, 0.2) is 0 Å². The highest BCUT2D eigenvalue weighted by Crippen LogP contribution is 2.27. The fourth-order valence-electron chi connectivity index (χ4n) is 2.99. The molecule has 2 aliphatic heterocycles. The molecule has 1 unspecified atom stereocenters. The van der Waals surface area contributed by atoms with Crippen LogP contribution in [0.15, 0.2) is 18.2 Å². The molecule has 0 aliphatic carbocycles. The van der Waals surface area contributed by atoms with Gasteiger partial charge in [0.2, 0.25) is 0 Å². The number of anilines is 2. The molecule has 2 heterocycles. The number of rotatable bonds is 2. The standard InChI is InChI=1S/C13H18FN3.CH3ClO2/c14-12-8-10(15)3-4-13(12)17-7-6-16-5-1-2-11(16)9-17;1-3-4-2/h3-4,8,11H,1-2,5-7,9,15H2;1H3. The maximum atomic E-state index is 13.8. The SMILES string of the molecule is COOCl.Nc1ccc(N2CCN3CCCC3C2)c(F)c1. The number of nitrogen functional groups attached to an aromatic ring is 1. The summed E-state index contributed by atoms with van der Waals surface area (Å²) in [5, 5.41) is 0. The van der Waals surface area contributed by atoms with Crippen LogP contribution in [-0.4, -0.2) is 44.2 Å². The molecule has 5 nitrogen and oxygen atoms in total. The Kier molecular flexibility index (Phi) is 6.05. The van der Waals surface area contributed by atoms with Crippen LogP contribution < -0.4 is 10.6 Å². The number of benzene rings is 1. The van der Waals surface area contributed by atoms with E-state index in [9.17, 15) is 4.39 Å². The van der Waals surface area contributed by atoms with Crippen LogP contribution in [0, 0.1) is 5.82 Å². The van der Waals surface area contributed by atoms with Gasteiger partial charge >= 0.3 is 0 Å². The molecule has 1 atom stereocenters. The molecule has 1 aromatic rings. The number of hydrogen-bond acceptors (Lipinski definition) is 5. The molecule has 0 aromatic heterocycles. The van der Waals surface area contributed by atoms with Crippen LogP contribution in [0.1, 0.15) is 12.8 Å². The lowest BCUT2D eigenvalue weighted by atomic mass is 10.1. The highest BCUT2D eigenvalue weighted by molar-refractivity contribution is 6.06. The van der Waals surface area contributed by atoms with Gasteiger partial charge in [0, 0.05) is 31.4 Å². The lowest BCUT2D eigenvalue weighted by molar-refractivity contribution is -0.172. The minimum atomic E-state index is -0.198. The second-order valence-corrected chi connectivity index (χ2v) is 5.34. The maximum Gasteiger partial charge on any atom is 0.148 e. The minimum absolute atomic E-state index is 0.198. The summed E-state index contributed by atoms with van der Waals surface area (Å²) in [6, 6.07) is 5.60. The number of nitrogens with zero attached hydrogens (tertiary/aromatic N) is 2. The smallest absolute Gasteiger partial charge is 0.148 e. The molecule has 1 aromatic carbocycles. The number of piperazine rings is 1. The first-order valence-corrected chi connectivity index (χ1v) is 7.32. The third-order valence-corrected chi connectivity index (χ3v) is 4.09. The Morgan fingerprint density at radius 2 is 2.10 bits per heavy atom. The molecular weight excluding hydrogens is 297 g/mol. The maximum absolute atomic E-state index is 13.8. The van der Waals surface area contributed by atoms with E-state index >= 15 is 0 Å². The van der Waals surface area contributed by atoms with Gasteiger partial charge < -0.3 is 10.6 Å². The summed E-state index contributed by atoms with van der Waals surface area (Å²) in [5.41, 5.74) is 6.77. The zero-order valence-electron chi connectivity index (χ0n) is 12.1. The molecular formula is C14H21ClFN3O2. The predicted molar refractivity (Wildman–Crippen MR) is 81.6 cm³/mol. The quantitative estimate of drug-likeness (QED) is 0.516. The first kappa shape index (κ1) is 16.3. The molecule has 2 aliphatic rings. The molecule has 118 valence electrons. The summed E-state index contributed by atoms with van der Waals surface area (Å²) in [6.07, 6.45) is 2.52. The van der Waals surface area contributed by atoms with Gasteiger partial charge in [0.1, 0.15) is 5.82 Å². The largest absolute Gasteiger partial charge is 0.399 e. The Balaban J connectivity index is 0.000000361. The molecule has 0 saturated carbocycles. The van der Waals surface area contributed by atoms with E-state index in [1.165, 1.54) is 32.6 Å². The van der Waals surface area contributed by atoms with Gasteiger partial charge in [-0.15, -0.1) is 4.44 Å². The molecule has 7 heteroatoms. The lowest BCUT2D eigenvalue weighted by Crippen LogP contribution is -2.50. The van der Waals surface area contributed by atoms with Crippen molar-refractivity contribution in [2.75, 3.05) is 43.9 Å². The van der Waals surface area contributed by atoms with Gasteiger partial charge in [-0.3, -0.25) is 4.90 Å². The molecule has 0 radical (unpaired) electrons. The van der Waals surface area contributed by atoms with E-state index in [-0.39, 0.29) is 5.82 Å². The fourth-order valence-corrected chi connectivity index (χ4v) is 2.99. The topological polar surface area (TPSA) is 51.0 Å². The van der Waals surface area contributed by atoms with Crippen molar-refractivity contribution in [3.63, 3.8) is 0 Å². The van der Waals surface area contributed by atoms with Crippen LogP contribution in [0.5, 0.6) is 0 Å². The van der Waals surface area contributed by atoms with Crippen molar-refractivity contribution in [3.8, 4) is 0 Å². The number of hydrogen-bond donors (Lipinski definition) is 1. The van der Waals surface area contributed by atoms with E-state index in [0.717, 1.165) is 19.6 Å². The zero-order valence-corrected chi connectivity index (χ0v) is 12.9. The molecule has 0 spiro atoms. The van der Waals surface area contributed by atoms with Crippen LogP contribution in [0.3, 0.4) is 0 Å². The van der Waals surface area contributed by atoms with Crippen LogP contribution in [0.25, 0.3) is 0 Å². The summed E-state index contributed by atoms with van der Waals surface area (Å²) in [6.45, 7) is 4.12. The van der Waals surface area contributed by atoms with Crippen LogP contribution in [0.4, 0.5) is 15.8 Å². The van der Waals surface area contributed by atoms with Gasteiger partial charge in [-0.05, 0) is 37.6 Å². The second kappa shape index (κ2) is 7.79. The van der Waals surface area contributed by atoms with Crippen molar-refractivity contribution in [1.29, 1.82) is 0 Å². The molecule has 2 N–H and O–H groups in total. The minimum Gasteiger partial charge on any atom is -0.399 e. The molecule has 0 bridgehead atoms. The Labute approximate surface area is 129 Å². The normalized spacial score (nSPS) is 21.7. The van der Waals surface area contributed by atoms with E-state index in [0.29, 0.717) is 17.4 Å². The summed E-state index contributed by atoms with van der Waals surface area (Å²) in [7, 11) is 1.33. The Morgan fingerprint density at radius 1 is 1.33 bits per heavy atom. The van der Waals surface area contributed by atoms with E-state index in [2.05, 4.69) is 31.0 Å². The van der Waals surface area contributed by atoms with Crippen LogP contribution >= 0.6 is 11.9 Å². The average molecular weight is 318 g/mol. The molecule has 21 heavy (non-hydrogen) atoms. The number of nitrogens with two attached hydrogens (primary N) is 1. The monoisotopic (exact) mass is 317 g/mol. The molecule has 0 amide bonds. The average Bonchev–Trinajstić information content (AvgIpc) is 2.95. The predicted octanol–water partition coefficient (Wildman–Crippen LogP) is 2.41. The van der Waals surface area contributed by atoms with Gasteiger partial charge in [0.25, 0.3) is 0 Å². The van der Waals surface area contributed by atoms with Crippen molar-refractivity contribution in [2.45, 2.75) is 18.9 Å². The van der Waals surface area contributed by atoms with Crippen molar-refractivity contribution >= 4 is 23.2 Å². The Morgan fingerprint density at radius 3 is 2.76 bits per heavy atom. The van der Waals surface area contributed by atoms with E-state index in [4.69, 9.17) is 5.73 Å². The Hall–Kier alpha value is -1.08. The highest BCUT2D eigenvalue weighted by Gasteiger charge is 2.31. The second-order valence-electron chi connectivity index (χ2n) is 5.22. The first-order valence-electron chi connectivity index (χ1n) is 7.01. The van der Waals surface area contributed by atoms with E-state index < -0.39 is 0 Å². The molecule has 2 saturated heterocycles. The van der Waals surface area contributed by atoms with Gasteiger partial charge in [-0.25, -0.2) is 9.28 Å².